The van der Waals surface area contributed by atoms with Crippen LogP contribution in [0, 0.1) is 25.2 Å². The number of carbonyl (C=O) groups is 1. The third-order valence-corrected chi connectivity index (χ3v) is 5.99. The minimum Gasteiger partial charge on any atom is -0.482 e. The minimum atomic E-state index is -0.547. The van der Waals surface area contributed by atoms with Crippen LogP contribution in [-0.4, -0.2) is 12.6 Å². The van der Waals surface area contributed by atoms with Crippen LogP contribution in [0.2, 0.25) is 0 Å². The lowest BCUT2D eigenvalue weighted by Gasteiger charge is -2.26. The maximum atomic E-state index is 12.3. The molecule has 2 N–H and O–H groups in total. The molecule has 1 heterocycles. The van der Waals surface area contributed by atoms with E-state index in [4.69, 9.17) is 19.9 Å². The molecule has 0 radical (unpaired) electrons. The summed E-state index contributed by atoms with van der Waals surface area (Å²) in [5.74, 6) is 0.423. The van der Waals surface area contributed by atoms with Crippen LogP contribution in [0.15, 0.2) is 76.6 Å². The Bertz CT molecular complexity index is 1290. The van der Waals surface area contributed by atoms with Gasteiger partial charge in [0.2, 0.25) is 5.88 Å². The zero-order valence-corrected chi connectivity index (χ0v) is 19.7. The van der Waals surface area contributed by atoms with Gasteiger partial charge in [0.25, 0.3) is 0 Å². The number of nitrogens with two attached hydrogens (primary N) is 1. The van der Waals surface area contributed by atoms with E-state index in [1.165, 1.54) is 0 Å². The van der Waals surface area contributed by atoms with E-state index in [1.807, 2.05) is 56.3 Å². The van der Waals surface area contributed by atoms with Gasteiger partial charge in [-0.15, -0.1) is 0 Å². The SMILES string of the molecule is Cc1ccc(OCC(=O)Oc2ccc3c(c2)OC(N)=C(C#N)C3c2ccc(Br)cc2)cc1C. The summed E-state index contributed by atoms with van der Waals surface area (Å²) >= 11 is 3.43. The van der Waals surface area contributed by atoms with Gasteiger partial charge < -0.3 is 19.9 Å². The average molecular weight is 505 g/mol. The number of aryl methyl sites for hydroxylation is 2. The van der Waals surface area contributed by atoms with E-state index in [0.29, 0.717) is 22.8 Å². The first-order valence-corrected chi connectivity index (χ1v) is 11.0. The van der Waals surface area contributed by atoms with Gasteiger partial charge in [-0.3, -0.25) is 0 Å². The van der Waals surface area contributed by atoms with Gasteiger partial charge in [-0.1, -0.05) is 40.2 Å². The second kappa shape index (κ2) is 9.39. The van der Waals surface area contributed by atoms with Crippen LogP contribution in [0.25, 0.3) is 0 Å². The summed E-state index contributed by atoms with van der Waals surface area (Å²) in [6.07, 6.45) is 0. The van der Waals surface area contributed by atoms with Crippen LogP contribution >= 0.6 is 15.9 Å². The molecule has 166 valence electrons. The maximum Gasteiger partial charge on any atom is 0.349 e. The van der Waals surface area contributed by atoms with Crippen LogP contribution in [0.3, 0.4) is 0 Å². The molecule has 0 aromatic heterocycles. The maximum absolute atomic E-state index is 12.3. The highest BCUT2D eigenvalue weighted by Gasteiger charge is 2.31. The Balaban J connectivity index is 1.53. The molecule has 33 heavy (non-hydrogen) atoms. The summed E-state index contributed by atoms with van der Waals surface area (Å²) < 4.78 is 17.6. The molecule has 4 rings (SSSR count). The highest BCUT2D eigenvalue weighted by molar-refractivity contribution is 9.10. The number of allylic oxidation sites excluding steroid dienone is 1. The van der Waals surface area contributed by atoms with Crippen molar-refractivity contribution in [2.75, 3.05) is 6.61 Å². The molecule has 3 aromatic carbocycles. The van der Waals surface area contributed by atoms with E-state index < -0.39 is 5.97 Å². The van der Waals surface area contributed by atoms with Gasteiger partial charge >= 0.3 is 5.97 Å². The zero-order chi connectivity index (χ0) is 23.5. The first-order chi connectivity index (χ1) is 15.9. The number of hydrogen-bond donors (Lipinski definition) is 1. The lowest BCUT2D eigenvalue weighted by Crippen LogP contribution is -2.21. The van der Waals surface area contributed by atoms with Gasteiger partial charge in [-0.25, -0.2) is 4.79 Å². The standard InChI is InChI=1S/C26H21BrN2O4/c1-15-3-8-19(11-16(15)2)31-14-24(30)32-20-9-10-21-23(12-20)33-26(29)22(13-28)25(21)17-4-6-18(27)7-5-17/h3-12,25H,14,29H2,1-2H3. The molecule has 6 nitrogen and oxygen atoms in total. The Morgan fingerprint density at radius 3 is 2.48 bits per heavy atom. The van der Waals surface area contributed by atoms with Crippen molar-refractivity contribution in [3.8, 4) is 23.3 Å². The van der Waals surface area contributed by atoms with Gasteiger partial charge in [-0.05, 0) is 60.9 Å². The number of halogens is 1. The van der Waals surface area contributed by atoms with Crippen LogP contribution < -0.4 is 19.9 Å². The summed E-state index contributed by atoms with van der Waals surface area (Å²) in [6, 6.07) is 20.5. The topological polar surface area (TPSA) is 94.6 Å². The number of esters is 1. The zero-order valence-electron chi connectivity index (χ0n) is 18.1. The van der Waals surface area contributed by atoms with E-state index in [1.54, 1.807) is 18.2 Å². The number of hydrogen-bond acceptors (Lipinski definition) is 6. The molecule has 1 atom stereocenters. The third kappa shape index (κ3) is 4.86. The van der Waals surface area contributed by atoms with E-state index >= 15 is 0 Å². The quantitative estimate of drug-likeness (QED) is 0.375. The van der Waals surface area contributed by atoms with E-state index in [-0.39, 0.29) is 18.4 Å². The number of nitrogens with zero attached hydrogens (tertiary/aromatic N) is 1. The highest BCUT2D eigenvalue weighted by Crippen LogP contribution is 2.43. The molecule has 0 spiro atoms. The molecule has 1 aliphatic rings. The van der Waals surface area contributed by atoms with E-state index in [2.05, 4.69) is 22.0 Å². The van der Waals surface area contributed by atoms with Crippen molar-refractivity contribution in [2.24, 2.45) is 5.73 Å². The third-order valence-electron chi connectivity index (χ3n) is 5.46. The van der Waals surface area contributed by atoms with Crippen molar-refractivity contribution >= 4 is 21.9 Å². The van der Waals surface area contributed by atoms with Gasteiger partial charge in [-0.2, -0.15) is 5.26 Å². The Kier molecular flexibility index (Phi) is 6.38. The number of ether oxygens (including phenoxy) is 3. The fourth-order valence-corrected chi connectivity index (χ4v) is 3.87. The molecule has 0 fully saturated rings. The van der Waals surface area contributed by atoms with Crippen molar-refractivity contribution in [1.82, 2.24) is 0 Å². The lowest BCUT2D eigenvalue weighted by atomic mass is 9.83. The van der Waals surface area contributed by atoms with Gasteiger partial charge in [0.05, 0.1) is 5.92 Å². The largest absolute Gasteiger partial charge is 0.482 e. The van der Waals surface area contributed by atoms with Gasteiger partial charge in [0.15, 0.2) is 6.61 Å². The molecule has 0 saturated carbocycles. The molecule has 0 bridgehead atoms. The minimum absolute atomic E-state index is 0.0273. The summed E-state index contributed by atoms with van der Waals surface area (Å²) in [4.78, 5) is 12.3. The van der Waals surface area contributed by atoms with Crippen molar-refractivity contribution in [1.29, 1.82) is 5.26 Å². The fraction of sp³-hybridized carbons (Fsp3) is 0.154. The molecule has 7 heteroatoms. The number of nitriles is 1. The van der Waals surface area contributed by atoms with Crippen molar-refractivity contribution in [3.63, 3.8) is 0 Å². The van der Waals surface area contributed by atoms with Gasteiger partial charge in [0, 0.05) is 16.1 Å². The second-order valence-corrected chi connectivity index (χ2v) is 8.60. The molecule has 1 aliphatic heterocycles. The van der Waals surface area contributed by atoms with Crippen molar-refractivity contribution in [2.45, 2.75) is 19.8 Å². The second-order valence-electron chi connectivity index (χ2n) is 7.68. The predicted octanol–water partition coefficient (Wildman–Crippen LogP) is 5.27. The number of fused-ring (bicyclic) bond motifs is 1. The number of benzene rings is 3. The Labute approximate surface area is 200 Å². The first-order valence-electron chi connectivity index (χ1n) is 10.2. The normalized spacial score (nSPS) is 14.7. The van der Waals surface area contributed by atoms with Crippen LogP contribution in [0.4, 0.5) is 0 Å². The number of carbonyl (C=O) groups excluding carboxylic acids is 1. The Morgan fingerprint density at radius 2 is 1.79 bits per heavy atom. The lowest BCUT2D eigenvalue weighted by molar-refractivity contribution is -0.136. The Morgan fingerprint density at radius 1 is 1.06 bits per heavy atom. The molecular formula is C26H21BrN2O4. The molecule has 0 saturated heterocycles. The average Bonchev–Trinajstić information content (AvgIpc) is 2.79. The summed E-state index contributed by atoms with van der Waals surface area (Å²) in [5, 5.41) is 9.67. The monoisotopic (exact) mass is 504 g/mol. The molecule has 0 aliphatic carbocycles. The smallest absolute Gasteiger partial charge is 0.349 e. The van der Waals surface area contributed by atoms with Crippen LogP contribution in [-0.2, 0) is 4.79 Å². The molecule has 3 aromatic rings. The van der Waals surface area contributed by atoms with Crippen LogP contribution in [0.5, 0.6) is 17.2 Å². The van der Waals surface area contributed by atoms with E-state index in [9.17, 15) is 10.1 Å². The molecular weight excluding hydrogens is 484 g/mol. The highest BCUT2D eigenvalue weighted by atomic mass is 79.9. The molecule has 0 amide bonds. The van der Waals surface area contributed by atoms with Crippen LogP contribution in [0.1, 0.15) is 28.2 Å². The fourth-order valence-electron chi connectivity index (χ4n) is 3.60. The molecule has 1 unspecified atom stereocenters. The van der Waals surface area contributed by atoms with Crippen molar-refractivity contribution in [3.05, 3.63) is 98.8 Å². The summed E-state index contributed by atoms with van der Waals surface area (Å²) in [5.41, 5.74) is 10.3. The Hall–Kier alpha value is -3.76. The van der Waals surface area contributed by atoms with Gasteiger partial charge in [0.1, 0.15) is 28.9 Å². The van der Waals surface area contributed by atoms with Crippen molar-refractivity contribution < 1.29 is 19.0 Å². The number of rotatable bonds is 5. The summed E-state index contributed by atoms with van der Waals surface area (Å²) in [6.45, 7) is 3.75. The first kappa shape index (κ1) is 22.4. The van der Waals surface area contributed by atoms with E-state index in [0.717, 1.165) is 26.7 Å². The predicted molar refractivity (Wildman–Crippen MR) is 127 cm³/mol. The summed E-state index contributed by atoms with van der Waals surface area (Å²) in [7, 11) is 0.